The molecule has 4 saturated carbocycles. The topological polar surface area (TPSA) is 55.8 Å². The molecule has 5 fully saturated rings. The first-order valence-corrected chi connectivity index (χ1v) is 14.3. The minimum Gasteiger partial charge on any atom is -0.493 e. The first-order chi connectivity index (χ1) is 17.3. The Morgan fingerprint density at radius 3 is 2.36 bits per heavy atom. The lowest BCUT2D eigenvalue weighted by molar-refractivity contribution is -0.161. The first kappa shape index (κ1) is 24.2. The number of benzene rings is 2. The SMILES string of the molecule is COc1cc(C=C2SC(=S)N(c3ccccc3)C2=O)cc(Br)c1OC(=O)C12CC3CC(CC(C3)C1)C2. The molecule has 4 aliphatic carbocycles. The van der Waals surface area contributed by atoms with Crippen LogP contribution >= 0.6 is 39.9 Å². The summed E-state index contributed by atoms with van der Waals surface area (Å²) in [6.07, 6.45) is 8.43. The van der Waals surface area contributed by atoms with Crippen LogP contribution in [0.25, 0.3) is 6.08 Å². The zero-order valence-corrected chi connectivity index (χ0v) is 23.1. The van der Waals surface area contributed by atoms with Gasteiger partial charge in [0.1, 0.15) is 0 Å². The normalized spacial score (nSPS) is 29.8. The molecule has 0 aromatic heterocycles. The molecular formula is C28H26BrNO4S2. The Bertz CT molecular complexity index is 1260. The maximum absolute atomic E-state index is 13.5. The molecule has 1 amide bonds. The number of thioether (sulfide) groups is 1. The molecule has 0 atom stereocenters. The van der Waals surface area contributed by atoms with Gasteiger partial charge in [0.15, 0.2) is 15.8 Å². The molecule has 1 saturated heterocycles. The fourth-order valence-electron chi connectivity index (χ4n) is 6.90. The van der Waals surface area contributed by atoms with Gasteiger partial charge in [0.25, 0.3) is 5.91 Å². The molecule has 4 bridgehead atoms. The van der Waals surface area contributed by atoms with Crippen LogP contribution in [0, 0.1) is 23.2 Å². The molecule has 8 heteroatoms. The molecular weight excluding hydrogens is 558 g/mol. The minimum absolute atomic E-state index is 0.128. The lowest BCUT2D eigenvalue weighted by atomic mass is 9.49. The fraction of sp³-hybridized carbons (Fsp3) is 0.393. The van der Waals surface area contributed by atoms with Crippen molar-refractivity contribution in [2.75, 3.05) is 12.0 Å². The molecule has 0 radical (unpaired) electrons. The second-order valence-electron chi connectivity index (χ2n) is 10.5. The molecule has 186 valence electrons. The second-order valence-corrected chi connectivity index (χ2v) is 13.0. The quantitative estimate of drug-likeness (QED) is 0.164. The van der Waals surface area contributed by atoms with Gasteiger partial charge in [0.05, 0.1) is 27.6 Å². The largest absolute Gasteiger partial charge is 0.493 e. The molecule has 0 N–H and O–H groups in total. The van der Waals surface area contributed by atoms with Crippen LogP contribution in [0.15, 0.2) is 51.8 Å². The zero-order chi connectivity index (χ0) is 25.0. The van der Waals surface area contributed by atoms with E-state index in [0.29, 0.717) is 43.0 Å². The maximum Gasteiger partial charge on any atom is 0.317 e. The summed E-state index contributed by atoms with van der Waals surface area (Å²) in [7, 11) is 1.56. The number of carbonyl (C=O) groups is 2. The summed E-state index contributed by atoms with van der Waals surface area (Å²) in [5.74, 6) is 2.53. The third kappa shape index (κ3) is 4.21. The Morgan fingerprint density at radius 2 is 1.75 bits per heavy atom. The van der Waals surface area contributed by atoms with Crippen molar-refractivity contribution in [3.63, 3.8) is 0 Å². The zero-order valence-electron chi connectivity index (χ0n) is 19.9. The van der Waals surface area contributed by atoms with Crippen LogP contribution < -0.4 is 14.4 Å². The number of methoxy groups -OCH3 is 1. The third-order valence-corrected chi connectivity index (χ3v) is 9.91. The van der Waals surface area contributed by atoms with Gasteiger partial charge in [0.2, 0.25) is 0 Å². The lowest BCUT2D eigenvalue weighted by Crippen LogP contribution is -2.51. The molecule has 5 nitrogen and oxygen atoms in total. The van der Waals surface area contributed by atoms with Crippen LogP contribution in [-0.4, -0.2) is 23.3 Å². The van der Waals surface area contributed by atoms with Crippen molar-refractivity contribution in [1.29, 1.82) is 0 Å². The summed E-state index contributed by atoms with van der Waals surface area (Å²) < 4.78 is 12.8. The number of thiocarbonyl (C=S) groups is 1. The molecule has 1 aliphatic heterocycles. The molecule has 36 heavy (non-hydrogen) atoms. The highest BCUT2D eigenvalue weighted by Crippen LogP contribution is 2.60. The Hall–Kier alpha value is -2.16. The van der Waals surface area contributed by atoms with Crippen molar-refractivity contribution in [1.82, 2.24) is 0 Å². The van der Waals surface area contributed by atoms with E-state index in [1.54, 1.807) is 24.2 Å². The predicted octanol–water partition coefficient (Wildman–Crippen LogP) is 6.99. The Kier molecular flexibility index (Phi) is 6.25. The molecule has 2 aromatic rings. The first-order valence-electron chi connectivity index (χ1n) is 12.3. The maximum atomic E-state index is 13.5. The van der Waals surface area contributed by atoms with Gasteiger partial charge >= 0.3 is 5.97 Å². The van der Waals surface area contributed by atoms with Crippen LogP contribution in [0.5, 0.6) is 11.5 Å². The summed E-state index contributed by atoms with van der Waals surface area (Å²) in [4.78, 5) is 28.7. The number of para-hydroxylation sites is 1. The van der Waals surface area contributed by atoms with E-state index in [2.05, 4.69) is 15.9 Å². The number of amides is 1. The molecule has 1 heterocycles. The van der Waals surface area contributed by atoms with E-state index < -0.39 is 0 Å². The summed E-state index contributed by atoms with van der Waals surface area (Å²) in [6.45, 7) is 0. The van der Waals surface area contributed by atoms with Gasteiger partial charge in [-0.3, -0.25) is 14.5 Å². The van der Waals surface area contributed by atoms with Crippen molar-refractivity contribution in [3.05, 3.63) is 57.4 Å². The highest BCUT2D eigenvalue weighted by molar-refractivity contribution is 9.10. The summed E-state index contributed by atoms with van der Waals surface area (Å²) in [5.41, 5.74) is 1.14. The van der Waals surface area contributed by atoms with Crippen LogP contribution in [0.2, 0.25) is 0 Å². The monoisotopic (exact) mass is 583 g/mol. The van der Waals surface area contributed by atoms with Gasteiger partial charge < -0.3 is 9.47 Å². The number of hydrogen-bond acceptors (Lipinski definition) is 6. The van der Waals surface area contributed by atoms with Crippen LogP contribution in [0.4, 0.5) is 5.69 Å². The summed E-state index contributed by atoms with van der Waals surface area (Å²) in [6, 6.07) is 13.0. The average Bonchev–Trinajstić information content (AvgIpc) is 3.12. The van der Waals surface area contributed by atoms with E-state index in [-0.39, 0.29) is 17.3 Å². The van der Waals surface area contributed by atoms with Gasteiger partial charge in [-0.25, -0.2) is 0 Å². The van der Waals surface area contributed by atoms with Crippen LogP contribution in [0.3, 0.4) is 0 Å². The predicted molar refractivity (Wildman–Crippen MR) is 149 cm³/mol. The summed E-state index contributed by atoms with van der Waals surface area (Å²) in [5, 5.41) is 0. The van der Waals surface area contributed by atoms with E-state index in [4.69, 9.17) is 21.7 Å². The number of nitrogens with zero attached hydrogens (tertiary/aromatic N) is 1. The van der Waals surface area contributed by atoms with Gasteiger partial charge in [0, 0.05) is 0 Å². The van der Waals surface area contributed by atoms with Gasteiger partial charge in [-0.05, 0) is 108 Å². The Morgan fingerprint density at radius 1 is 1.11 bits per heavy atom. The van der Waals surface area contributed by atoms with Gasteiger partial charge in [-0.1, -0.05) is 42.2 Å². The van der Waals surface area contributed by atoms with E-state index >= 15 is 0 Å². The summed E-state index contributed by atoms with van der Waals surface area (Å²) >= 11 is 10.3. The van der Waals surface area contributed by atoms with Crippen molar-refractivity contribution < 1.29 is 19.1 Å². The number of halogens is 1. The molecule has 2 aromatic carbocycles. The van der Waals surface area contributed by atoms with Gasteiger partial charge in [-0.2, -0.15) is 0 Å². The van der Waals surface area contributed by atoms with Crippen molar-refractivity contribution in [2.45, 2.75) is 38.5 Å². The molecule has 7 rings (SSSR count). The number of carbonyl (C=O) groups excluding carboxylic acids is 2. The third-order valence-electron chi connectivity index (χ3n) is 8.02. The number of esters is 1. The number of hydrogen-bond donors (Lipinski definition) is 0. The van der Waals surface area contributed by atoms with Crippen LogP contribution in [-0.2, 0) is 9.59 Å². The van der Waals surface area contributed by atoms with E-state index in [0.717, 1.165) is 30.5 Å². The number of ether oxygens (including phenoxy) is 2. The van der Waals surface area contributed by atoms with E-state index in [1.165, 1.54) is 31.0 Å². The second kappa shape index (κ2) is 9.30. The highest BCUT2D eigenvalue weighted by atomic mass is 79.9. The Balaban J connectivity index is 1.25. The molecule has 0 unspecified atom stereocenters. The standard InChI is InChI=1S/C28H26BrNO4S2/c1-33-22-11-16(12-23-25(31)30(27(35)36-23)20-5-3-2-4-6-20)10-21(29)24(22)34-26(32)28-13-17-7-18(14-28)9-19(8-17)15-28/h2-6,10-12,17-19H,7-9,13-15H2,1H3. The van der Waals surface area contributed by atoms with E-state index in [9.17, 15) is 9.59 Å². The lowest BCUT2D eigenvalue weighted by Gasteiger charge is -2.55. The molecule has 0 spiro atoms. The fourth-order valence-corrected chi connectivity index (χ4v) is 8.74. The number of anilines is 1. The minimum atomic E-state index is -0.358. The number of rotatable bonds is 5. The highest BCUT2D eigenvalue weighted by Gasteiger charge is 2.55. The van der Waals surface area contributed by atoms with Crippen LogP contribution in [0.1, 0.15) is 44.1 Å². The van der Waals surface area contributed by atoms with Gasteiger partial charge in [-0.15, -0.1) is 0 Å². The van der Waals surface area contributed by atoms with Crippen molar-refractivity contribution in [2.24, 2.45) is 23.2 Å². The molecule has 5 aliphatic rings. The van der Waals surface area contributed by atoms with E-state index in [1.807, 2.05) is 36.4 Å². The smallest absolute Gasteiger partial charge is 0.317 e. The van der Waals surface area contributed by atoms with Crippen molar-refractivity contribution in [3.8, 4) is 11.5 Å². The Labute approximate surface area is 228 Å². The average molecular weight is 585 g/mol. The van der Waals surface area contributed by atoms with Crippen molar-refractivity contribution >= 4 is 67.9 Å².